The highest BCUT2D eigenvalue weighted by Crippen LogP contribution is 2.31. The summed E-state index contributed by atoms with van der Waals surface area (Å²) in [4.78, 5) is 13.5. The van der Waals surface area contributed by atoms with Gasteiger partial charge in [0.2, 0.25) is 5.91 Å². The lowest BCUT2D eigenvalue weighted by Gasteiger charge is -2.22. The van der Waals surface area contributed by atoms with E-state index in [9.17, 15) is 4.79 Å². The van der Waals surface area contributed by atoms with Gasteiger partial charge in [-0.2, -0.15) is 0 Å². The standard InChI is InChI=1S/C22H28ClNO2S/c1-5-20(27-17-12-10-16(23)11-13-17)21(25)24-14-15-26-19-9-7-6-8-18(19)22(2,3)4/h6-13,20H,5,14-15H2,1-4H3,(H,24,25)/t20-/m0/s1. The van der Waals surface area contributed by atoms with Crippen LogP contribution in [0.15, 0.2) is 53.4 Å². The number of benzene rings is 2. The third-order valence-corrected chi connectivity index (χ3v) is 5.74. The van der Waals surface area contributed by atoms with E-state index >= 15 is 0 Å². The number of rotatable bonds is 8. The van der Waals surface area contributed by atoms with Gasteiger partial charge in [-0.05, 0) is 47.7 Å². The number of carbonyl (C=O) groups is 1. The monoisotopic (exact) mass is 405 g/mol. The van der Waals surface area contributed by atoms with Gasteiger partial charge in [-0.1, -0.05) is 57.5 Å². The summed E-state index contributed by atoms with van der Waals surface area (Å²) in [6, 6.07) is 15.6. The van der Waals surface area contributed by atoms with Gasteiger partial charge in [0.25, 0.3) is 0 Å². The zero-order valence-electron chi connectivity index (χ0n) is 16.4. The first-order chi connectivity index (χ1) is 12.8. The summed E-state index contributed by atoms with van der Waals surface area (Å²) >= 11 is 7.47. The quantitative estimate of drug-likeness (QED) is 0.452. The summed E-state index contributed by atoms with van der Waals surface area (Å²) in [5.74, 6) is 0.909. The van der Waals surface area contributed by atoms with Crippen LogP contribution in [0.5, 0.6) is 5.75 Å². The zero-order chi connectivity index (χ0) is 19.9. The average Bonchev–Trinajstić information content (AvgIpc) is 2.64. The topological polar surface area (TPSA) is 38.3 Å². The van der Waals surface area contributed by atoms with Gasteiger partial charge in [0, 0.05) is 9.92 Å². The molecular formula is C22H28ClNO2S. The molecule has 1 atom stereocenters. The second kappa shape index (κ2) is 10.0. The molecule has 0 saturated carbocycles. The molecule has 27 heavy (non-hydrogen) atoms. The predicted molar refractivity (Wildman–Crippen MR) is 115 cm³/mol. The SMILES string of the molecule is CC[C@H](Sc1ccc(Cl)cc1)C(=O)NCCOc1ccccc1C(C)(C)C. The van der Waals surface area contributed by atoms with Crippen molar-refractivity contribution in [2.24, 2.45) is 0 Å². The lowest BCUT2D eigenvalue weighted by Crippen LogP contribution is -2.35. The zero-order valence-corrected chi connectivity index (χ0v) is 18.0. The van der Waals surface area contributed by atoms with Gasteiger partial charge in [0.15, 0.2) is 0 Å². The highest BCUT2D eigenvalue weighted by Gasteiger charge is 2.19. The maximum absolute atomic E-state index is 12.5. The van der Waals surface area contributed by atoms with E-state index in [1.54, 1.807) is 11.8 Å². The van der Waals surface area contributed by atoms with Crippen molar-refractivity contribution in [2.45, 2.75) is 49.7 Å². The van der Waals surface area contributed by atoms with Crippen molar-refractivity contribution in [3.05, 3.63) is 59.1 Å². The Morgan fingerprint density at radius 1 is 1.15 bits per heavy atom. The van der Waals surface area contributed by atoms with Crippen molar-refractivity contribution in [1.29, 1.82) is 0 Å². The average molecular weight is 406 g/mol. The fourth-order valence-corrected chi connectivity index (χ4v) is 3.77. The molecule has 2 aromatic rings. The van der Waals surface area contributed by atoms with Crippen molar-refractivity contribution in [2.75, 3.05) is 13.2 Å². The molecule has 0 radical (unpaired) electrons. The highest BCUT2D eigenvalue weighted by atomic mass is 35.5. The molecule has 0 spiro atoms. The van der Waals surface area contributed by atoms with Crippen LogP contribution < -0.4 is 10.1 Å². The highest BCUT2D eigenvalue weighted by molar-refractivity contribution is 8.00. The first-order valence-corrected chi connectivity index (χ1v) is 10.5. The molecule has 0 aliphatic rings. The van der Waals surface area contributed by atoms with E-state index in [4.69, 9.17) is 16.3 Å². The van der Waals surface area contributed by atoms with E-state index in [2.05, 4.69) is 32.2 Å². The molecule has 2 aromatic carbocycles. The Morgan fingerprint density at radius 3 is 2.44 bits per heavy atom. The minimum Gasteiger partial charge on any atom is -0.491 e. The maximum atomic E-state index is 12.5. The summed E-state index contributed by atoms with van der Waals surface area (Å²) in [5.41, 5.74) is 1.18. The molecule has 0 heterocycles. The summed E-state index contributed by atoms with van der Waals surface area (Å²) in [5, 5.41) is 3.55. The second-order valence-electron chi connectivity index (χ2n) is 7.35. The van der Waals surface area contributed by atoms with Crippen LogP contribution in [0.4, 0.5) is 0 Å². The number of carbonyl (C=O) groups excluding carboxylic acids is 1. The van der Waals surface area contributed by atoms with E-state index in [-0.39, 0.29) is 16.6 Å². The van der Waals surface area contributed by atoms with Gasteiger partial charge in [-0.3, -0.25) is 4.79 Å². The fourth-order valence-electron chi connectivity index (χ4n) is 2.66. The van der Waals surface area contributed by atoms with E-state index in [0.29, 0.717) is 18.2 Å². The molecule has 3 nitrogen and oxygen atoms in total. The molecule has 0 aliphatic heterocycles. The van der Waals surface area contributed by atoms with Gasteiger partial charge in [-0.25, -0.2) is 0 Å². The first kappa shape index (κ1) is 21.6. The van der Waals surface area contributed by atoms with E-state index < -0.39 is 0 Å². The molecule has 5 heteroatoms. The van der Waals surface area contributed by atoms with Gasteiger partial charge < -0.3 is 10.1 Å². The van der Waals surface area contributed by atoms with Crippen molar-refractivity contribution < 1.29 is 9.53 Å². The van der Waals surface area contributed by atoms with Gasteiger partial charge in [0.1, 0.15) is 12.4 Å². The minimum absolute atomic E-state index is 0.0162. The Labute approximate surface area is 171 Å². The summed E-state index contributed by atoms with van der Waals surface area (Å²) in [6.07, 6.45) is 0.757. The van der Waals surface area contributed by atoms with Crippen LogP contribution >= 0.6 is 23.4 Å². The molecule has 0 fully saturated rings. The number of ether oxygens (including phenoxy) is 1. The molecule has 1 N–H and O–H groups in total. The van der Waals surface area contributed by atoms with Crippen molar-refractivity contribution in [1.82, 2.24) is 5.32 Å². The third kappa shape index (κ3) is 6.78. The van der Waals surface area contributed by atoms with Crippen LogP contribution in [0, 0.1) is 0 Å². The van der Waals surface area contributed by atoms with Crippen LogP contribution in [0.25, 0.3) is 0 Å². The Kier molecular flexibility index (Phi) is 8.06. The number of hydrogen-bond donors (Lipinski definition) is 1. The molecule has 0 aliphatic carbocycles. The van der Waals surface area contributed by atoms with Crippen molar-refractivity contribution in [3.8, 4) is 5.75 Å². The maximum Gasteiger partial charge on any atom is 0.233 e. The van der Waals surface area contributed by atoms with Crippen LogP contribution in [0.1, 0.15) is 39.7 Å². The molecule has 0 aromatic heterocycles. The van der Waals surface area contributed by atoms with Crippen LogP contribution in [-0.4, -0.2) is 24.3 Å². The molecule has 0 saturated heterocycles. The lowest BCUT2D eigenvalue weighted by molar-refractivity contribution is -0.120. The second-order valence-corrected chi connectivity index (χ2v) is 9.07. The van der Waals surface area contributed by atoms with Gasteiger partial charge >= 0.3 is 0 Å². The summed E-state index contributed by atoms with van der Waals surface area (Å²) in [6.45, 7) is 9.43. The predicted octanol–water partition coefficient (Wildman–Crippen LogP) is 5.70. The smallest absolute Gasteiger partial charge is 0.233 e. The minimum atomic E-state index is -0.131. The Morgan fingerprint density at radius 2 is 1.81 bits per heavy atom. The molecule has 146 valence electrons. The van der Waals surface area contributed by atoms with Crippen LogP contribution in [-0.2, 0) is 10.2 Å². The van der Waals surface area contributed by atoms with Gasteiger partial charge in [-0.15, -0.1) is 11.8 Å². The molecule has 2 rings (SSSR count). The van der Waals surface area contributed by atoms with E-state index in [1.807, 2.05) is 49.4 Å². The Hall–Kier alpha value is -1.65. The molecule has 0 unspecified atom stereocenters. The number of amides is 1. The largest absolute Gasteiger partial charge is 0.491 e. The van der Waals surface area contributed by atoms with E-state index in [0.717, 1.165) is 17.1 Å². The lowest BCUT2D eigenvalue weighted by atomic mass is 9.86. The molecule has 0 bridgehead atoms. The number of nitrogens with one attached hydrogen (secondary N) is 1. The number of hydrogen-bond acceptors (Lipinski definition) is 3. The number of para-hydroxylation sites is 1. The van der Waals surface area contributed by atoms with Gasteiger partial charge in [0.05, 0.1) is 11.8 Å². The van der Waals surface area contributed by atoms with Crippen LogP contribution in [0.2, 0.25) is 5.02 Å². The molecular weight excluding hydrogens is 378 g/mol. The first-order valence-electron chi connectivity index (χ1n) is 9.23. The Balaban J connectivity index is 1.84. The number of thioether (sulfide) groups is 1. The fraction of sp³-hybridized carbons (Fsp3) is 0.409. The van der Waals surface area contributed by atoms with Crippen molar-refractivity contribution in [3.63, 3.8) is 0 Å². The van der Waals surface area contributed by atoms with E-state index in [1.165, 1.54) is 5.56 Å². The Bertz CT molecular complexity index is 741. The normalized spacial score (nSPS) is 12.5. The number of halogens is 1. The summed E-state index contributed by atoms with van der Waals surface area (Å²) < 4.78 is 5.92. The van der Waals surface area contributed by atoms with Crippen LogP contribution in [0.3, 0.4) is 0 Å². The summed E-state index contributed by atoms with van der Waals surface area (Å²) in [7, 11) is 0. The molecule has 1 amide bonds. The third-order valence-electron chi connectivity index (χ3n) is 4.11. The van der Waals surface area contributed by atoms with Crippen molar-refractivity contribution >= 4 is 29.3 Å².